The summed E-state index contributed by atoms with van der Waals surface area (Å²) in [7, 11) is 0. The second kappa shape index (κ2) is 6.27. The molecule has 7 nitrogen and oxygen atoms in total. The summed E-state index contributed by atoms with van der Waals surface area (Å²) >= 11 is 0. The van der Waals surface area contributed by atoms with Gasteiger partial charge in [-0.05, 0) is 43.4 Å². The summed E-state index contributed by atoms with van der Waals surface area (Å²) in [4.78, 5) is 28.0. The van der Waals surface area contributed by atoms with Crippen LogP contribution in [-0.2, 0) is 9.53 Å². The van der Waals surface area contributed by atoms with Gasteiger partial charge in [-0.15, -0.1) is 0 Å². The molecule has 0 spiro atoms. The molecule has 0 amide bonds. The maximum atomic E-state index is 12.3. The number of ether oxygens (including phenoxy) is 1. The molecule has 2 aromatic rings. The van der Waals surface area contributed by atoms with Crippen LogP contribution in [0.15, 0.2) is 36.3 Å². The third-order valence-corrected chi connectivity index (χ3v) is 3.81. The number of Topliss-reactive ketones (excluding diaryl/α,β-unsaturated/α-hetero) is 1. The normalized spacial score (nSPS) is 14.6. The largest absolute Gasteiger partial charge is 0.461 e. The summed E-state index contributed by atoms with van der Waals surface area (Å²) in [6, 6.07) is 3.87. The van der Waals surface area contributed by atoms with Gasteiger partial charge in [-0.2, -0.15) is 0 Å². The van der Waals surface area contributed by atoms with E-state index in [1.165, 1.54) is 18.4 Å². The van der Waals surface area contributed by atoms with Crippen LogP contribution in [0.4, 0.5) is 0 Å². The van der Waals surface area contributed by atoms with Crippen LogP contribution in [0.25, 0.3) is 5.65 Å². The number of carbonyl (C=O) groups is 2. The number of hydrogen-bond acceptors (Lipinski definition) is 6. The number of allylic oxidation sites excluding steroid dienone is 1. The Morgan fingerprint density at radius 1 is 1.42 bits per heavy atom. The molecular formula is C17H18N4O3. The minimum absolute atomic E-state index is 0.140. The third kappa shape index (κ3) is 3.19. The number of rotatable bonds is 6. The lowest BCUT2D eigenvalue weighted by molar-refractivity contribution is -0.138. The number of nitrogens with zero attached hydrogens (tertiary/aromatic N) is 2. The van der Waals surface area contributed by atoms with Crippen LogP contribution in [0.2, 0.25) is 0 Å². The first-order valence-electron chi connectivity index (χ1n) is 7.75. The Bertz CT molecular complexity index is 862. The van der Waals surface area contributed by atoms with Crippen LogP contribution < -0.4 is 5.73 Å². The first kappa shape index (κ1) is 15.9. The van der Waals surface area contributed by atoms with Gasteiger partial charge in [-0.1, -0.05) is 6.07 Å². The van der Waals surface area contributed by atoms with Gasteiger partial charge in [0.15, 0.2) is 0 Å². The summed E-state index contributed by atoms with van der Waals surface area (Å²) < 4.78 is 6.50. The molecule has 0 bridgehead atoms. The maximum Gasteiger partial charge on any atom is 0.354 e. The molecule has 0 radical (unpaired) electrons. The predicted octanol–water partition coefficient (Wildman–Crippen LogP) is 1.82. The van der Waals surface area contributed by atoms with Crippen molar-refractivity contribution in [1.82, 2.24) is 9.38 Å². The van der Waals surface area contributed by atoms with Crippen LogP contribution in [0, 0.1) is 5.41 Å². The van der Waals surface area contributed by atoms with Crippen molar-refractivity contribution in [2.45, 2.75) is 25.7 Å². The molecule has 1 saturated carbocycles. The Hall–Kier alpha value is -2.96. The molecule has 0 aromatic carbocycles. The average molecular weight is 326 g/mol. The zero-order chi connectivity index (χ0) is 17.3. The number of aromatic nitrogens is 2. The number of carbonyl (C=O) groups excluding carboxylic acids is 2. The van der Waals surface area contributed by atoms with Gasteiger partial charge in [0.25, 0.3) is 0 Å². The molecule has 124 valence electrons. The van der Waals surface area contributed by atoms with Crippen LogP contribution in [0.1, 0.15) is 41.7 Å². The molecular weight excluding hydrogens is 308 g/mol. The lowest BCUT2D eigenvalue weighted by atomic mass is 10.1. The molecule has 7 heteroatoms. The number of esters is 1. The minimum atomic E-state index is -0.751. The van der Waals surface area contributed by atoms with Crippen molar-refractivity contribution in [1.29, 1.82) is 5.41 Å². The highest BCUT2D eigenvalue weighted by Gasteiger charge is 2.24. The predicted molar refractivity (Wildman–Crippen MR) is 88.1 cm³/mol. The molecule has 1 aliphatic carbocycles. The van der Waals surface area contributed by atoms with Crippen LogP contribution >= 0.6 is 0 Å². The molecule has 2 aromatic heterocycles. The fourth-order valence-electron chi connectivity index (χ4n) is 2.41. The second-order valence-electron chi connectivity index (χ2n) is 5.69. The van der Waals surface area contributed by atoms with Crippen molar-refractivity contribution in [3.8, 4) is 0 Å². The number of ketones is 1. The Morgan fingerprint density at radius 3 is 2.83 bits per heavy atom. The van der Waals surface area contributed by atoms with Gasteiger partial charge in [0.05, 0.1) is 6.61 Å². The maximum absolute atomic E-state index is 12.3. The Balaban J connectivity index is 1.81. The summed E-state index contributed by atoms with van der Waals surface area (Å²) in [6.07, 6.45) is 6.93. The van der Waals surface area contributed by atoms with E-state index in [2.05, 4.69) is 4.98 Å². The summed E-state index contributed by atoms with van der Waals surface area (Å²) in [5.74, 6) is -0.750. The number of hydrogen-bond donors (Lipinski definition) is 2. The summed E-state index contributed by atoms with van der Waals surface area (Å²) in [5.41, 5.74) is 6.83. The molecule has 0 aliphatic heterocycles. The van der Waals surface area contributed by atoms with Crippen molar-refractivity contribution >= 4 is 23.1 Å². The van der Waals surface area contributed by atoms with Gasteiger partial charge in [-0.3, -0.25) is 10.2 Å². The van der Waals surface area contributed by atoms with Crippen LogP contribution in [0.5, 0.6) is 0 Å². The number of fused-ring (bicyclic) bond motifs is 1. The molecule has 24 heavy (non-hydrogen) atoms. The number of pyridine rings is 1. The molecule has 1 fully saturated rings. The fraction of sp³-hybridized carbons (Fsp3) is 0.294. The van der Waals surface area contributed by atoms with E-state index in [1.807, 2.05) is 18.3 Å². The van der Waals surface area contributed by atoms with Crippen molar-refractivity contribution in [2.24, 2.45) is 5.73 Å². The topological polar surface area (TPSA) is 111 Å². The molecule has 3 N–H and O–H groups in total. The van der Waals surface area contributed by atoms with Gasteiger partial charge < -0.3 is 14.9 Å². The van der Waals surface area contributed by atoms with E-state index in [0.29, 0.717) is 11.6 Å². The Morgan fingerprint density at radius 2 is 2.17 bits per heavy atom. The van der Waals surface area contributed by atoms with Crippen LogP contribution in [-0.4, -0.2) is 33.5 Å². The highest BCUT2D eigenvalue weighted by Crippen LogP contribution is 2.39. The molecule has 1 aliphatic rings. The van der Waals surface area contributed by atoms with E-state index in [9.17, 15) is 9.59 Å². The van der Waals surface area contributed by atoms with E-state index in [0.717, 1.165) is 6.08 Å². The number of nitrogens with one attached hydrogen (secondary N) is 1. The lowest BCUT2D eigenvalue weighted by Gasteiger charge is -2.01. The van der Waals surface area contributed by atoms with E-state index in [1.54, 1.807) is 17.5 Å². The third-order valence-electron chi connectivity index (χ3n) is 3.81. The van der Waals surface area contributed by atoms with Crippen molar-refractivity contribution in [2.75, 3.05) is 6.61 Å². The van der Waals surface area contributed by atoms with E-state index in [4.69, 9.17) is 15.9 Å². The summed E-state index contributed by atoms with van der Waals surface area (Å²) in [6.45, 7) is 1.82. The minimum Gasteiger partial charge on any atom is -0.461 e. The van der Waals surface area contributed by atoms with Gasteiger partial charge in [0.2, 0.25) is 5.78 Å². The Kier molecular flexibility index (Phi) is 4.16. The van der Waals surface area contributed by atoms with Gasteiger partial charge in [0.1, 0.15) is 22.7 Å². The van der Waals surface area contributed by atoms with Gasteiger partial charge in [-0.25, -0.2) is 9.78 Å². The second-order valence-corrected chi connectivity index (χ2v) is 5.69. The fourth-order valence-corrected chi connectivity index (χ4v) is 2.41. The van der Waals surface area contributed by atoms with Crippen molar-refractivity contribution < 1.29 is 14.3 Å². The summed E-state index contributed by atoms with van der Waals surface area (Å²) in [5, 5.41) is 7.82. The standard InChI is InChI=1S/C17H18N4O3/c1-2-24-17(23)13(19)7-12(18)16(22)14-9-21-8-11(10-3-4-10)5-6-15(21)20-14/h5-10,18H,2-4,19H2,1H3/b13-7-,18-12?. The van der Waals surface area contributed by atoms with Crippen LogP contribution in [0.3, 0.4) is 0 Å². The smallest absolute Gasteiger partial charge is 0.354 e. The molecule has 0 unspecified atom stereocenters. The number of imidazole rings is 1. The molecule has 0 atom stereocenters. The number of nitrogens with two attached hydrogens (primary N) is 1. The highest BCUT2D eigenvalue weighted by atomic mass is 16.5. The molecule has 2 heterocycles. The van der Waals surface area contributed by atoms with Gasteiger partial charge in [0, 0.05) is 12.4 Å². The van der Waals surface area contributed by atoms with Gasteiger partial charge >= 0.3 is 5.97 Å². The lowest BCUT2D eigenvalue weighted by Crippen LogP contribution is -2.19. The zero-order valence-corrected chi connectivity index (χ0v) is 13.3. The highest BCUT2D eigenvalue weighted by molar-refractivity contribution is 6.48. The van der Waals surface area contributed by atoms with Crippen molar-refractivity contribution in [3.05, 3.63) is 47.6 Å². The quantitative estimate of drug-likeness (QED) is 0.364. The van der Waals surface area contributed by atoms with E-state index in [-0.39, 0.29) is 18.0 Å². The Labute approximate surface area is 138 Å². The monoisotopic (exact) mass is 326 g/mol. The first-order valence-corrected chi connectivity index (χ1v) is 7.75. The van der Waals surface area contributed by atoms with Crippen molar-refractivity contribution in [3.63, 3.8) is 0 Å². The zero-order valence-electron chi connectivity index (χ0n) is 13.3. The SMILES string of the molecule is CCOC(=O)/C(N)=C/C(=N)C(=O)c1cn2cc(C3CC3)ccc2n1. The molecule has 0 saturated heterocycles. The van der Waals surface area contributed by atoms with E-state index >= 15 is 0 Å². The first-order chi connectivity index (χ1) is 11.5. The molecule has 3 rings (SSSR count). The van der Waals surface area contributed by atoms with E-state index < -0.39 is 17.5 Å². The average Bonchev–Trinajstić information content (AvgIpc) is 3.32.